The minimum Gasteiger partial charge on any atom is -0.382 e. The fourth-order valence-electron chi connectivity index (χ4n) is 0.204. The molecule has 0 atom stereocenters. The van der Waals surface area contributed by atoms with Crippen molar-refractivity contribution >= 4 is 7.85 Å². The van der Waals surface area contributed by atoms with Crippen LogP contribution in [0.3, 0.4) is 0 Å². The van der Waals surface area contributed by atoms with Crippen molar-refractivity contribution in [1.82, 2.24) is 0 Å². The van der Waals surface area contributed by atoms with Gasteiger partial charge >= 0.3 is 0 Å². The number of hydrogen-bond acceptors (Lipinski definition) is 1. The van der Waals surface area contributed by atoms with E-state index in [1.54, 1.807) is 0 Å². The largest absolute Gasteiger partial charge is 0.382 e. The molecule has 0 N–H and O–H groups in total. The first-order chi connectivity index (χ1) is 3.41. The second-order valence-electron chi connectivity index (χ2n) is 0.781. The molecular weight excluding hydrogens is 86.9 g/mol. The smallest absolute Gasteiger partial charge is 0.0606 e. The molecule has 1 nitrogen and oxygen atoms in total. The van der Waals surface area contributed by atoms with Gasteiger partial charge in [0.05, 0.1) is 7.85 Å². The van der Waals surface area contributed by atoms with Crippen molar-refractivity contribution in [1.29, 1.82) is 0 Å². The zero-order chi connectivity index (χ0) is 6.12. The van der Waals surface area contributed by atoms with E-state index in [-0.39, 0.29) is 0 Å². The Bertz CT molecular complexity index is 15.6. The number of ether oxygens (including phenoxy) is 1. The molecule has 0 amide bonds. The van der Waals surface area contributed by atoms with Crippen molar-refractivity contribution in [2.24, 2.45) is 0 Å². The molecule has 0 aliphatic rings. The molecule has 0 saturated heterocycles. The molecule has 0 aromatic heterocycles. The van der Waals surface area contributed by atoms with Crippen molar-refractivity contribution in [3.05, 3.63) is 0 Å². The van der Waals surface area contributed by atoms with Gasteiger partial charge in [-0.3, -0.25) is 0 Å². The molecule has 0 saturated carbocycles. The fourth-order valence-corrected chi connectivity index (χ4v) is 0.204. The summed E-state index contributed by atoms with van der Waals surface area (Å²) in [5.41, 5.74) is 0. The van der Waals surface area contributed by atoms with Gasteiger partial charge in [-0.1, -0.05) is 6.82 Å². The van der Waals surface area contributed by atoms with Crippen LogP contribution in [0.1, 0.15) is 13.8 Å². The van der Waals surface area contributed by atoms with E-state index in [0.29, 0.717) is 0 Å². The highest BCUT2D eigenvalue weighted by Crippen LogP contribution is 1.64. The van der Waals surface area contributed by atoms with Crippen LogP contribution >= 0.6 is 0 Å². The van der Waals surface area contributed by atoms with Gasteiger partial charge < -0.3 is 4.74 Å². The molecule has 0 aliphatic carbocycles. The Morgan fingerprint density at radius 3 is 1.43 bits per heavy atom. The van der Waals surface area contributed by atoms with Crippen LogP contribution in [0.25, 0.3) is 0 Å². The predicted octanol–water partition coefficient (Wildman–Crippen LogP) is 1.25. The van der Waals surface area contributed by atoms with Gasteiger partial charge in [-0.05, 0) is 13.8 Å². The van der Waals surface area contributed by atoms with Gasteiger partial charge in [-0.2, -0.15) is 0 Å². The summed E-state index contributed by atoms with van der Waals surface area (Å²) in [5, 5.41) is 0. The molecule has 0 bridgehead atoms. The molecule has 0 aliphatic heterocycles. The Balaban J connectivity index is 0. The Morgan fingerprint density at radius 1 is 1.14 bits per heavy atom. The molecule has 0 aromatic carbocycles. The van der Waals surface area contributed by atoms with Crippen molar-refractivity contribution < 1.29 is 4.74 Å². The second-order valence-corrected chi connectivity index (χ2v) is 0.781. The Kier molecular flexibility index (Phi) is 24.0. The summed E-state index contributed by atoms with van der Waals surface area (Å²) in [6, 6.07) is 0. The molecule has 0 fully saturated rings. The normalized spacial score (nSPS) is 6.71. The molecule has 2 radical (unpaired) electrons. The first kappa shape index (κ1) is 10.1. The van der Waals surface area contributed by atoms with E-state index in [2.05, 4.69) is 7.85 Å². The van der Waals surface area contributed by atoms with E-state index in [0.717, 1.165) is 13.2 Å². The van der Waals surface area contributed by atoms with Crippen LogP contribution in [0, 0.1) is 0 Å². The molecule has 0 heterocycles. The lowest BCUT2D eigenvalue weighted by Crippen LogP contribution is -1.84. The lowest BCUT2D eigenvalue weighted by molar-refractivity contribution is 0.162. The van der Waals surface area contributed by atoms with Crippen LogP contribution in [-0.2, 0) is 4.74 Å². The van der Waals surface area contributed by atoms with E-state index in [1.807, 2.05) is 13.8 Å². The number of hydrogen-bond donors (Lipinski definition) is 0. The van der Waals surface area contributed by atoms with Gasteiger partial charge in [0.25, 0.3) is 0 Å². The van der Waals surface area contributed by atoms with E-state index >= 15 is 0 Å². The van der Waals surface area contributed by atoms with Gasteiger partial charge in [0, 0.05) is 13.2 Å². The second kappa shape index (κ2) is 16.6. The zero-order valence-electron chi connectivity index (χ0n) is 5.40. The highest BCUT2D eigenvalue weighted by Gasteiger charge is 1.64. The lowest BCUT2D eigenvalue weighted by atomic mass is 10.2. The van der Waals surface area contributed by atoms with Crippen LogP contribution in [0.5, 0.6) is 0 Å². The van der Waals surface area contributed by atoms with Crippen molar-refractivity contribution in [2.75, 3.05) is 13.2 Å². The molecule has 7 heavy (non-hydrogen) atoms. The zero-order valence-corrected chi connectivity index (χ0v) is 5.40. The molecule has 0 spiro atoms. The molecule has 2 heteroatoms. The monoisotopic (exact) mass is 100 g/mol. The van der Waals surface area contributed by atoms with Crippen LogP contribution < -0.4 is 0 Å². The SMILES string of the molecule is CCOCC.[B]C. The Labute approximate surface area is 47.5 Å². The highest BCUT2D eigenvalue weighted by molar-refractivity contribution is 6.05. The number of rotatable bonds is 2. The summed E-state index contributed by atoms with van der Waals surface area (Å²) in [6.45, 7) is 7.17. The van der Waals surface area contributed by atoms with Crippen LogP contribution in [0.15, 0.2) is 0 Å². The minimum atomic E-state index is 0.844. The average Bonchev–Trinajstić information content (AvgIpc) is 1.75. The average molecular weight is 100.0 g/mol. The van der Waals surface area contributed by atoms with Crippen LogP contribution in [0.2, 0.25) is 6.82 Å². The predicted molar refractivity (Wildman–Crippen MR) is 33.8 cm³/mol. The van der Waals surface area contributed by atoms with Gasteiger partial charge in [-0.25, -0.2) is 0 Å². The topological polar surface area (TPSA) is 9.23 Å². The molecule has 0 aromatic rings. The molecule has 42 valence electrons. The van der Waals surface area contributed by atoms with Gasteiger partial charge in [0.15, 0.2) is 0 Å². The van der Waals surface area contributed by atoms with Crippen molar-refractivity contribution in [3.63, 3.8) is 0 Å². The Hall–Kier alpha value is 0.0249. The van der Waals surface area contributed by atoms with Crippen molar-refractivity contribution in [2.45, 2.75) is 20.7 Å². The maximum absolute atomic E-state index is 4.83. The quantitative estimate of drug-likeness (QED) is 0.474. The summed E-state index contributed by atoms with van der Waals surface area (Å²) in [4.78, 5) is 0. The standard InChI is InChI=1S/C4H10O.CH3B/c1-3-5-4-2;1-2/h3-4H2,1-2H3;1H3. The van der Waals surface area contributed by atoms with Gasteiger partial charge in [0.1, 0.15) is 0 Å². The first-order valence-corrected chi connectivity index (χ1v) is 2.57. The summed E-state index contributed by atoms with van der Waals surface area (Å²) >= 11 is 0. The first-order valence-electron chi connectivity index (χ1n) is 2.57. The van der Waals surface area contributed by atoms with E-state index < -0.39 is 0 Å². The lowest BCUT2D eigenvalue weighted by Gasteiger charge is -1.86. The maximum Gasteiger partial charge on any atom is 0.0606 e. The Morgan fingerprint density at radius 2 is 1.43 bits per heavy atom. The third-order valence-electron chi connectivity index (χ3n) is 0.408. The molecule has 0 rings (SSSR count). The van der Waals surface area contributed by atoms with Crippen molar-refractivity contribution in [3.8, 4) is 0 Å². The van der Waals surface area contributed by atoms with Gasteiger partial charge in [-0.15, -0.1) is 0 Å². The van der Waals surface area contributed by atoms with E-state index in [4.69, 9.17) is 4.74 Å². The minimum absolute atomic E-state index is 0.844. The molecular formula is C5H13BO. The summed E-state index contributed by atoms with van der Waals surface area (Å²) in [5.74, 6) is 0. The van der Waals surface area contributed by atoms with E-state index in [1.165, 1.54) is 6.82 Å². The van der Waals surface area contributed by atoms with Crippen LogP contribution in [0.4, 0.5) is 0 Å². The van der Waals surface area contributed by atoms with E-state index in [9.17, 15) is 0 Å². The molecule has 0 unspecified atom stereocenters. The third-order valence-corrected chi connectivity index (χ3v) is 0.408. The fraction of sp³-hybridized carbons (Fsp3) is 1.00. The maximum atomic E-state index is 4.83. The van der Waals surface area contributed by atoms with Gasteiger partial charge in [0.2, 0.25) is 0 Å². The summed E-state index contributed by atoms with van der Waals surface area (Å²) in [6.07, 6.45) is 0. The highest BCUT2D eigenvalue weighted by atomic mass is 16.5. The summed E-state index contributed by atoms with van der Waals surface area (Å²) in [7, 11) is 4.50. The van der Waals surface area contributed by atoms with Crippen LogP contribution in [-0.4, -0.2) is 21.1 Å². The third kappa shape index (κ3) is 23.8. The summed E-state index contributed by atoms with van der Waals surface area (Å²) < 4.78 is 4.83.